The predicted octanol–water partition coefficient (Wildman–Crippen LogP) is 1.85. The molecule has 6 N–H and O–H groups in total. The first kappa shape index (κ1) is 34.7. The minimum atomic E-state index is -1.50. The summed E-state index contributed by atoms with van der Waals surface area (Å²) < 4.78 is 22.7. The second-order valence-corrected chi connectivity index (χ2v) is 12.5. The van der Waals surface area contributed by atoms with Gasteiger partial charge in [-0.1, -0.05) is 26.3 Å². The first-order valence-electron chi connectivity index (χ1n) is 14.5. The van der Waals surface area contributed by atoms with Crippen LogP contribution < -0.4 is 5.32 Å². The van der Waals surface area contributed by atoms with Gasteiger partial charge in [-0.15, -0.1) is 6.58 Å². The molecule has 0 bridgehead atoms. The van der Waals surface area contributed by atoms with Gasteiger partial charge in [0.15, 0.2) is 12.3 Å². The number of aliphatic hydroxyl groups is 3. The number of hydrogen-bond donors (Lipinski definition) is 6. The molecule has 9 atom stereocenters. The van der Waals surface area contributed by atoms with Gasteiger partial charge in [0.2, 0.25) is 0 Å². The minimum Gasteiger partial charge on any atom is -0.508 e. The fraction of sp³-hybridized carbons (Fsp3) is 0.677. The lowest BCUT2D eigenvalue weighted by molar-refractivity contribution is -0.217. The quantitative estimate of drug-likeness (QED) is 0.115. The summed E-state index contributed by atoms with van der Waals surface area (Å²) >= 11 is 0. The number of aliphatic hydroxyl groups excluding tert-OH is 3. The highest BCUT2D eigenvalue weighted by molar-refractivity contribution is 5.96. The van der Waals surface area contributed by atoms with E-state index >= 15 is 0 Å². The molecule has 2 aliphatic rings. The Kier molecular flexibility index (Phi) is 11.2. The molecule has 1 saturated heterocycles. The summed E-state index contributed by atoms with van der Waals surface area (Å²) in [5.74, 6) is -2.57. The predicted molar refractivity (Wildman–Crippen MR) is 155 cm³/mol. The molecule has 1 fully saturated rings. The lowest BCUT2D eigenvalue weighted by Gasteiger charge is -2.48. The molecule has 1 aromatic rings. The molecule has 242 valence electrons. The van der Waals surface area contributed by atoms with E-state index in [1.807, 2.05) is 13.8 Å². The standard InChI is InChI=1S/C31H47NO11/c1-14(2)9-22(40-7)27(37)28(38)32-29(41-8)23-13-24(36)31(5,6)25(42-23)12-19(34)16(4)21-10-17-15(3)18(33)11-20(35)26(17)30(39)43-21/h11,16,19,21-25,27,29,33-37H,1,9-10,12-13H2,2-8H3,(H,32,38)/t16-,19?,21?,22-,23+,24-,25?,27+,29?/m1/s1. The Balaban J connectivity index is 1.73. The number of cyclic esters (lactones) is 1. The number of ether oxygens (including phenoxy) is 4. The van der Waals surface area contributed by atoms with Crippen molar-refractivity contribution in [3.63, 3.8) is 0 Å². The van der Waals surface area contributed by atoms with Gasteiger partial charge in [0.25, 0.3) is 5.91 Å². The van der Waals surface area contributed by atoms with Crippen molar-refractivity contribution in [2.75, 3.05) is 14.2 Å². The second-order valence-electron chi connectivity index (χ2n) is 12.5. The fourth-order valence-electron chi connectivity index (χ4n) is 5.80. The smallest absolute Gasteiger partial charge is 0.342 e. The molecule has 4 unspecified atom stereocenters. The number of fused-ring (bicyclic) bond motifs is 1. The van der Waals surface area contributed by atoms with Crippen molar-refractivity contribution in [3.05, 3.63) is 34.9 Å². The number of rotatable bonds is 12. The Bertz CT molecular complexity index is 1180. The van der Waals surface area contributed by atoms with Crippen LogP contribution in [0.2, 0.25) is 0 Å². The molecule has 3 rings (SSSR count). The SMILES string of the molecule is C=C(C)C[C@@H](OC)[C@H](O)C(=O)NC(OC)[C@@H]1C[C@@H](O)C(C)(C)C(CC(O)[C@@H](C)C2Cc3c(C)c(O)cc(O)c3C(=O)O2)O1. The highest BCUT2D eigenvalue weighted by atomic mass is 16.6. The van der Waals surface area contributed by atoms with Gasteiger partial charge in [0.05, 0.1) is 24.4 Å². The van der Waals surface area contributed by atoms with E-state index in [-0.39, 0.29) is 42.7 Å². The highest BCUT2D eigenvalue weighted by Gasteiger charge is 2.48. The normalized spacial score (nSPS) is 26.8. The van der Waals surface area contributed by atoms with Crippen LogP contribution in [0.4, 0.5) is 0 Å². The van der Waals surface area contributed by atoms with Gasteiger partial charge in [0, 0.05) is 50.9 Å². The van der Waals surface area contributed by atoms with Crippen LogP contribution >= 0.6 is 0 Å². The molecular weight excluding hydrogens is 562 g/mol. The number of carbonyl (C=O) groups is 2. The summed E-state index contributed by atoms with van der Waals surface area (Å²) in [6.45, 7) is 12.6. The number of aromatic hydroxyl groups is 2. The van der Waals surface area contributed by atoms with Crippen LogP contribution in [0.25, 0.3) is 0 Å². The van der Waals surface area contributed by atoms with Crippen molar-refractivity contribution in [2.45, 2.75) is 109 Å². The first-order valence-corrected chi connectivity index (χ1v) is 14.5. The highest BCUT2D eigenvalue weighted by Crippen LogP contribution is 2.42. The number of esters is 1. The largest absolute Gasteiger partial charge is 0.508 e. The molecule has 0 aromatic heterocycles. The number of methoxy groups -OCH3 is 2. The molecule has 12 nitrogen and oxygen atoms in total. The van der Waals surface area contributed by atoms with E-state index in [1.54, 1.807) is 20.8 Å². The van der Waals surface area contributed by atoms with Crippen LogP contribution in [0.3, 0.4) is 0 Å². The first-order chi connectivity index (χ1) is 20.0. The van der Waals surface area contributed by atoms with E-state index in [2.05, 4.69) is 11.9 Å². The lowest BCUT2D eigenvalue weighted by Crippen LogP contribution is -2.59. The molecular formula is C31H47NO11. The van der Waals surface area contributed by atoms with E-state index in [0.29, 0.717) is 11.1 Å². The molecule has 0 radical (unpaired) electrons. The molecule has 1 aromatic carbocycles. The number of carbonyl (C=O) groups excluding carboxylic acids is 2. The minimum absolute atomic E-state index is 0.00479. The number of nitrogens with one attached hydrogen (secondary N) is 1. The topological polar surface area (TPSA) is 184 Å². The van der Waals surface area contributed by atoms with Crippen molar-refractivity contribution in [3.8, 4) is 11.5 Å². The fourth-order valence-corrected chi connectivity index (χ4v) is 5.80. The summed E-state index contributed by atoms with van der Waals surface area (Å²) in [6, 6.07) is 1.10. The molecule has 12 heteroatoms. The number of hydrogen-bond acceptors (Lipinski definition) is 11. The molecule has 2 aliphatic heterocycles. The van der Waals surface area contributed by atoms with E-state index in [0.717, 1.165) is 11.6 Å². The van der Waals surface area contributed by atoms with Gasteiger partial charge in [-0.25, -0.2) is 4.79 Å². The van der Waals surface area contributed by atoms with Crippen molar-refractivity contribution >= 4 is 11.9 Å². The van der Waals surface area contributed by atoms with Crippen LogP contribution in [0.5, 0.6) is 11.5 Å². The number of amides is 1. The van der Waals surface area contributed by atoms with Gasteiger partial charge in [-0.05, 0) is 31.4 Å². The van der Waals surface area contributed by atoms with E-state index in [9.17, 15) is 35.1 Å². The molecule has 0 spiro atoms. The molecule has 0 saturated carbocycles. The average Bonchev–Trinajstić information content (AvgIpc) is 2.94. The zero-order valence-electron chi connectivity index (χ0n) is 26.0. The summed E-state index contributed by atoms with van der Waals surface area (Å²) in [5.41, 5.74) is 0.851. The summed E-state index contributed by atoms with van der Waals surface area (Å²) in [5, 5.41) is 56.0. The molecule has 2 heterocycles. The van der Waals surface area contributed by atoms with Gasteiger partial charge in [-0.2, -0.15) is 0 Å². The van der Waals surface area contributed by atoms with Gasteiger partial charge in [0.1, 0.15) is 29.3 Å². The van der Waals surface area contributed by atoms with Gasteiger partial charge < -0.3 is 49.8 Å². The molecule has 43 heavy (non-hydrogen) atoms. The van der Waals surface area contributed by atoms with E-state index in [1.165, 1.54) is 14.2 Å². The Morgan fingerprint density at radius 1 is 1.19 bits per heavy atom. The van der Waals surface area contributed by atoms with Crippen LogP contribution in [0.15, 0.2) is 18.2 Å². The van der Waals surface area contributed by atoms with Gasteiger partial charge >= 0.3 is 5.97 Å². The van der Waals surface area contributed by atoms with Crippen molar-refractivity contribution in [1.29, 1.82) is 0 Å². The molecule has 1 amide bonds. The van der Waals surface area contributed by atoms with Crippen LogP contribution in [0.1, 0.15) is 68.4 Å². The Morgan fingerprint density at radius 3 is 2.42 bits per heavy atom. The zero-order valence-corrected chi connectivity index (χ0v) is 26.0. The number of phenolic OH excluding ortho intramolecular Hbond substituents is 2. The van der Waals surface area contributed by atoms with Crippen LogP contribution in [-0.2, 0) is 30.2 Å². The van der Waals surface area contributed by atoms with E-state index < -0.39 is 72.2 Å². The zero-order chi connectivity index (χ0) is 32.4. The molecule has 0 aliphatic carbocycles. The third-order valence-corrected chi connectivity index (χ3v) is 9.02. The lowest BCUT2D eigenvalue weighted by atomic mass is 9.73. The van der Waals surface area contributed by atoms with Crippen LogP contribution in [-0.4, -0.2) is 101 Å². The average molecular weight is 610 g/mol. The Hall–Kier alpha value is -2.74. The summed E-state index contributed by atoms with van der Waals surface area (Å²) in [4.78, 5) is 25.6. The van der Waals surface area contributed by atoms with Gasteiger partial charge in [-0.3, -0.25) is 4.79 Å². The Morgan fingerprint density at radius 2 is 1.84 bits per heavy atom. The Labute approximate surface area is 252 Å². The van der Waals surface area contributed by atoms with Crippen LogP contribution in [0, 0.1) is 18.3 Å². The third-order valence-electron chi connectivity index (χ3n) is 9.02. The third kappa shape index (κ3) is 7.50. The maximum atomic E-state index is 12.9. The van der Waals surface area contributed by atoms with Crippen molar-refractivity contribution in [2.24, 2.45) is 11.3 Å². The van der Waals surface area contributed by atoms with E-state index in [4.69, 9.17) is 18.9 Å². The maximum Gasteiger partial charge on any atom is 0.342 e. The maximum absolute atomic E-state index is 12.9. The summed E-state index contributed by atoms with van der Waals surface area (Å²) in [6.07, 6.45) is -6.89. The monoisotopic (exact) mass is 609 g/mol. The summed E-state index contributed by atoms with van der Waals surface area (Å²) in [7, 11) is 2.76. The second kappa shape index (κ2) is 13.9. The van der Waals surface area contributed by atoms with Crippen molar-refractivity contribution in [1.82, 2.24) is 5.32 Å². The number of benzene rings is 1. The van der Waals surface area contributed by atoms with Crippen molar-refractivity contribution < 1.29 is 54.1 Å². The number of phenols is 2.